The normalized spacial score (nSPS) is 23.1. The van der Waals surface area contributed by atoms with E-state index >= 15 is 0 Å². The van der Waals surface area contributed by atoms with Crippen LogP contribution in [0.5, 0.6) is 0 Å². The summed E-state index contributed by atoms with van der Waals surface area (Å²) in [6.45, 7) is -0.418. The average molecular weight is 333 g/mol. The molecule has 1 aliphatic heterocycles. The van der Waals surface area contributed by atoms with Crippen molar-refractivity contribution in [1.82, 2.24) is 4.90 Å². The molecule has 0 saturated carbocycles. The van der Waals surface area contributed by atoms with E-state index in [9.17, 15) is 28.2 Å². The minimum atomic E-state index is -4.62. The Morgan fingerprint density at radius 2 is 2.09 bits per heavy atom. The molecule has 0 aliphatic carbocycles. The number of likely N-dealkylation sites (tertiary alicyclic amines) is 1. The molecular weight excluding hydrogens is 315 g/mol. The first-order chi connectivity index (χ1) is 10.8. The van der Waals surface area contributed by atoms with Crippen LogP contribution in [0.25, 0.3) is 0 Å². The van der Waals surface area contributed by atoms with Crippen LogP contribution in [0.4, 0.5) is 13.2 Å². The van der Waals surface area contributed by atoms with Crippen molar-refractivity contribution in [2.24, 2.45) is 0 Å². The second kappa shape index (κ2) is 6.86. The summed E-state index contributed by atoms with van der Waals surface area (Å²) in [6.07, 6.45) is -6.70. The van der Waals surface area contributed by atoms with Gasteiger partial charge < -0.3 is 19.8 Å². The second-order valence-electron chi connectivity index (χ2n) is 5.42. The number of nitrogens with zero attached hydrogens (tertiary/aromatic N) is 1. The Labute approximate surface area is 131 Å². The topological polar surface area (TPSA) is 70.0 Å². The highest BCUT2D eigenvalue weighted by atomic mass is 19.4. The lowest BCUT2D eigenvalue weighted by atomic mass is 10.0. The Morgan fingerprint density at radius 3 is 2.65 bits per heavy atom. The SMILES string of the molecule is COC(C(=O)N1C[C@@H](O)C[C@H]1CO)c1ccccc1C(F)(F)F. The third-order valence-corrected chi connectivity index (χ3v) is 3.89. The van der Waals surface area contributed by atoms with Crippen molar-refractivity contribution >= 4 is 5.91 Å². The van der Waals surface area contributed by atoms with Gasteiger partial charge in [0.25, 0.3) is 5.91 Å². The molecule has 0 spiro atoms. The summed E-state index contributed by atoms with van der Waals surface area (Å²) in [5.41, 5.74) is -1.23. The van der Waals surface area contributed by atoms with Crippen molar-refractivity contribution < 1.29 is 32.9 Å². The lowest BCUT2D eigenvalue weighted by molar-refractivity contribution is -0.147. The number of carbonyl (C=O) groups excluding carboxylic acids is 1. The van der Waals surface area contributed by atoms with Gasteiger partial charge in [-0.2, -0.15) is 13.2 Å². The van der Waals surface area contributed by atoms with Crippen molar-refractivity contribution in [3.63, 3.8) is 0 Å². The number of hydrogen-bond acceptors (Lipinski definition) is 4. The van der Waals surface area contributed by atoms with E-state index in [1.807, 2.05) is 0 Å². The van der Waals surface area contributed by atoms with Crippen molar-refractivity contribution in [3.8, 4) is 0 Å². The van der Waals surface area contributed by atoms with Crippen LogP contribution in [0.15, 0.2) is 24.3 Å². The van der Waals surface area contributed by atoms with Gasteiger partial charge in [-0.05, 0) is 12.5 Å². The maximum absolute atomic E-state index is 13.1. The molecule has 2 rings (SSSR count). The zero-order valence-electron chi connectivity index (χ0n) is 12.5. The molecule has 0 bridgehead atoms. The van der Waals surface area contributed by atoms with Crippen molar-refractivity contribution in [2.45, 2.75) is 30.8 Å². The minimum absolute atomic E-state index is 0.0435. The Morgan fingerprint density at radius 1 is 1.43 bits per heavy atom. The summed E-state index contributed by atoms with van der Waals surface area (Å²) >= 11 is 0. The first kappa shape index (κ1) is 17.7. The number of ether oxygens (including phenoxy) is 1. The zero-order chi connectivity index (χ0) is 17.2. The van der Waals surface area contributed by atoms with E-state index in [-0.39, 0.29) is 25.1 Å². The molecular formula is C15H18F3NO4. The van der Waals surface area contributed by atoms with Crippen LogP contribution in [0.1, 0.15) is 23.7 Å². The van der Waals surface area contributed by atoms with Crippen LogP contribution in [-0.2, 0) is 15.7 Å². The van der Waals surface area contributed by atoms with Gasteiger partial charge in [0.2, 0.25) is 0 Å². The second-order valence-corrected chi connectivity index (χ2v) is 5.42. The van der Waals surface area contributed by atoms with Gasteiger partial charge in [-0.3, -0.25) is 4.79 Å². The van der Waals surface area contributed by atoms with Crippen molar-refractivity contribution in [1.29, 1.82) is 0 Å². The van der Waals surface area contributed by atoms with Gasteiger partial charge in [-0.1, -0.05) is 18.2 Å². The zero-order valence-corrected chi connectivity index (χ0v) is 12.5. The number of aliphatic hydroxyl groups excluding tert-OH is 2. The Kier molecular flexibility index (Phi) is 5.28. The molecule has 3 atom stereocenters. The fourth-order valence-electron chi connectivity index (χ4n) is 2.83. The number of carbonyl (C=O) groups is 1. The van der Waals surface area contributed by atoms with E-state index in [2.05, 4.69) is 0 Å². The summed E-state index contributed by atoms with van der Waals surface area (Å²) in [5, 5.41) is 18.9. The summed E-state index contributed by atoms with van der Waals surface area (Å²) in [4.78, 5) is 13.8. The molecule has 1 aromatic carbocycles. The molecule has 5 nitrogen and oxygen atoms in total. The van der Waals surface area contributed by atoms with Crippen LogP contribution in [0, 0.1) is 0 Å². The van der Waals surface area contributed by atoms with Crippen molar-refractivity contribution in [2.75, 3.05) is 20.3 Å². The number of alkyl halides is 3. The molecule has 1 saturated heterocycles. The van der Waals surface area contributed by atoms with E-state index in [1.54, 1.807) is 0 Å². The van der Waals surface area contributed by atoms with Crippen LogP contribution in [-0.4, -0.2) is 53.4 Å². The first-order valence-electron chi connectivity index (χ1n) is 7.08. The summed E-state index contributed by atoms with van der Waals surface area (Å²) < 4.78 is 44.4. The highest BCUT2D eigenvalue weighted by Gasteiger charge is 2.41. The third-order valence-electron chi connectivity index (χ3n) is 3.89. The molecule has 1 aromatic rings. The van der Waals surface area contributed by atoms with Gasteiger partial charge in [-0.25, -0.2) is 0 Å². The van der Waals surface area contributed by atoms with E-state index in [4.69, 9.17) is 4.74 Å². The summed E-state index contributed by atoms with van der Waals surface area (Å²) in [5.74, 6) is -0.709. The lowest BCUT2D eigenvalue weighted by Gasteiger charge is -2.28. The number of amides is 1. The van der Waals surface area contributed by atoms with E-state index in [1.165, 1.54) is 23.1 Å². The van der Waals surface area contributed by atoms with E-state index in [0.717, 1.165) is 13.2 Å². The summed E-state index contributed by atoms with van der Waals surface area (Å²) in [6, 6.07) is 4.08. The molecule has 0 aromatic heterocycles. The highest BCUT2D eigenvalue weighted by molar-refractivity contribution is 5.83. The quantitative estimate of drug-likeness (QED) is 0.873. The Hall–Kier alpha value is -1.64. The number of hydrogen-bond donors (Lipinski definition) is 2. The third kappa shape index (κ3) is 3.65. The molecule has 128 valence electrons. The molecule has 1 amide bonds. The molecule has 1 fully saturated rings. The molecule has 23 heavy (non-hydrogen) atoms. The predicted octanol–water partition coefficient (Wildman–Crippen LogP) is 1.35. The minimum Gasteiger partial charge on any atom is -0.394 e. The predicted molar refractivity (Wildman–Crippen MR) is 74.4 cm³/mol. The number of β-amino-alcohol motifs (C(OH)–C–C–N with tert-alkyl or cyclic N) is 1. The molecule has 2 N–H and O–H groups in total. The summed E-state index contributed by atoms with van der Waals surface area (Å²) in [7, 11) is 1.15. The smallest absolute Gasteiger partial charge is 0.394 e. The van der Waals surface area contributed by atoms with Gasteiger partial charge in [0.15, 0.2) is 6.10 Å². The molecule has 1 unspecified atom stereocenters. The average Bonchev–Trinajstić information content (AvgIpc) is 2.88. The van der Waals surface area contributed by atoms with Gasteiger partial charge in [0.1, 0.15) is 0 Å². The van der Waals surface area contributed by atoms with Crippen LogP contribution in [0.2, 0.25) is 0 Å². The Bertz CT molecular complexity index is 564. The monoisotopic (exact) mass is 333 g/mol. The van der Waals surface area contributed by atoms with Crippen LogP contribution in [0.3, 0.4) is 0 Å². The van der Waals surface area contributed by atoms with Gasteiger partial charge in [-0.15, -0.1) is 0 Å². The van der Waals surface area contributed by atoms with Crippen LogP contribution >= 0.6 is 0 Å². The maximum atomic E-state index is 13.1. The van der Waals surface area contributed by atoms with Gasteiger partial charge >= 0.3 is 6.18 Å². The highest BCUT2D eigenvalue weighted by Crippen LogP contribution is 2.36. The van der Waals surface area contributed by atoms with Gasteiger partial charge in [0, 0.05) is 19.2 Å². The van der Waals surface area contributed by atoms with Gasteiger partial charge in [0.05, 0.1) is 24.3 Å². The number of aliphatic hydroxyl groups is 2. The number of benzene rings is 1. The van der Waals surface area contributed by atoms with E-state index < -0.39 is 35.9 Å². The molecule has 1 heterocycles. The first-order valence-corrected chi connectivity index (χ1v) is 7.08. The Balaban J connectivity index is 2.35. The largest absolute Gasteiger partial charge is 0.416 e. The molecule has 1 aliphatic rings. The van der Waals surface area contributed by atoms with E-state index in [0.29, 0.717) is 0 Å². The number of methoxy groups -OCH3 is 1. The van der Waals surface area contributed by atoms with Crippen molar-refractivity contribution in [3.05, 3.63) is 35.4 Å². The fraction of sp³-hybridized carbons (Fsp3) is 0.533. The fourth-order valence-corrected chi connectivity index (χ4v) is 2.83. The molecule has 0 radical (unpaired) electrons. The molecule has 8 heteroatoms. The van der Waals surface area contributed by atoms with Crippen LogP contribution < -0.4 is 0 Å². The standard InChI is InChI=1S/C15H18F3NO4/c1-23-13(11-4-2-3-5-12(11)15(16,17)18)14(22)19-7-10(21)6-9(19)8-20/h2-5,9-10,13,20-21H,6-8H2,1H3/t9-,10-,13?/m0/s1. The number of rotatable bonds is 4. The lowest BCUT2D eigenvalue weighted by Crippen LogP contribution is -2.41. The number of halogens is 3. The maximum Gasteiger partial charge on any atom is 0.416 e.